The van der Waals surface area contributed by atoms with E-state index in [-0.39, 0.29) is 10.8 Å². The van der Waals surface area contributed by atoms with Crippen LogP contribution in [0.4, 0.5) is 5.69 Å². The summed E-state index contributed by atoms with van der Waals surface area (Å²) in [4.78, 5) is 14.8. The van der Waals surface area contributed by atoms with Gasteiger partial charge in [-0.2, -0.15) is 0 Å². The molecule has 1 heterocycles. The maximum Gasteiger partial charge on any atom is 0.262 e. The number of para-hydroxylation sites is 2. The third-order valence-electron chi connectivity index (χ3n) is 5.41. The van der Waals surface area contributed by atoms with E-state index in [0.717, 1.165) is 5.56 Å². The Balaban J connectivity index is 1.48. The highest BCUT2D eigenvalue weighted by Gasteiger charge is 2.20. The Morgan fingerprint density at radius 1 is 1.00 bits per heavy atom. The number of amides is 1. The second kappa shape index (κ2) is 10.0. The second-order valence-electron chi connectivity index (χ2n) is 7.63. The van der Waals surface area contributed by atoms with Crippen LogP contribution < -0.4 is 18.9 Å². The third-order valence-corrected chi connectivity index (χ3v) is 6.79. The van der Waals surface area contributed by atoms with Crippen molar-refractivity contribution in [2.45, 2.75) is 18.4 Å². The summed E-state index contributed by atoms with van der Waals surface area (Å²) in [6, 6.07) is 18.3. The van der Waals surface area contributed by atoms with Crippen molar-refractivity contribution in [3.63, 3.8) is 0 Å². The van der Waals surface area contributed by atoms with Crippen molar-refractivity contribution < 1.29 is 27.4 Å². The third kappa shape index (κ3) is 5.09. The molecule has 0 spiro atoms. The van der Waals surface area contributed by atoms with Crippen LogP contribution in [0, 0.1) is 0 Å². The van der Waals surface area contributed by atoms with Gasteiger partial charge in [-0.15, -0.1) is 0 Å². The lowest BCUT2D eigenvalue weighted by Crippen LogP contribution is -2.30. The lowest BCUT2D eigenvalue weighted by atomic mass is 10.1. The average molecular weight is 483 g/mol. The zero-order valence-corrected chi connectivity index (χ0v) is 19.8. The molecule has 0 saturated carbocycles. The van der Waals surface area contributed by atoms with Gasteiger partial charge in [-0.25, -0.2) is 8.42 Å². The van der Waals surface area contributed by atoms with E-state index in [4.69, 9.17) is 14.2 Å². The van der Waals surface area contributed by atoms with E-state index in [9.17, 15) is 13.2 Å². The molecule has 0 radical (unpaired) electrons. The molecule has 1 aliphatic heterocycles. The molecule has 3 aromatic carbocycles. The Kier molecular flexibility index (Phi) is 6.93. The normalized spacial score (nSPS) is 12.6. The fraction of sp³-hybridized carbons (Fsp3) is 0.240. The molecule has 0 unspecified atom stereocenters. The molecule has 0 aromatic heterocycles. The summed E-state index contributed by atoms with van der Waals surface area (Å²) < 4.78 is 44.5. The quantitative estimate of drug-likeness (QED) is 0.523. The van der Waals surface area contributed by atoms with Gasteiger partial charge < -0.3 is 19.1 Å². The van der Waals surface area contributed by atoms with Crippen molar-refractivity contribution in [3.8, 4) is 17.2 Å². The van der Waals surface area contributed by atoms with Crippen molar-refractivity contribution in [1.82, 2.24) is 4.90 Å². The Morgan fingerprint density at radius 2 is 1.71 bits per heavy atom. The predicted octanol–water partition coefficient (Wildman–Crippen LogP) is 3.93. The minimum Gasteiger partial charge on any atom is -0.495 e. The number of anilines is 1. The van der Waals surface area contributed by atoms with Crippen LogP contribution in [0.1, 0.15) is 22.8 Å². The van der Waals surface area contributed by atoms with Crippen molar-refractivity contribution in [2.24, 2.45) is 0 Å². The fourth-order valence-electron chi connectivity index (χ4n) is 3.63. The SMILES string of the molecule is CCN(Cc1ccc2c(c1)OCCO2)C(=O)c1ccc(S(=O)(=O)Nc2ccccc2OC)cc1. The molecule has 1 amide bonds. The van der Waals surface area contributed by atoms with Crippen molar-refractivity contribution in [2.75, 3.05) is 31.6 Å². The molecule has 0 fully saturated rings. The number of rotatable bonds is 8. The molecule has 9 heteroatoms. The number of ether oxygens (including phenoxy) is 3. The first-order chi connectivity index (χ1) is 16.4. The maximum absolute atomic E-state index is 13.1. The van der Waals surface area contributed by atoms with Gasteiger partial charge in [-0.05, 0) is 61.0 Å². The number of sulfonamides is 1. The summed E-state index contributed by atoms with van der Waals surface area (Å²) >= 11 is 0. The van der Waals surface area contributed by atoms with Gasteiger partial charge in [0.25, 0.3) is 15.9 Å². The van der Waals surface area contributed by atoms with Gasteiger partial charge in [0, 0.05) is 18.7 Å². The van der Waals surface area contributed by atoms with Gasteiger partial charge >= 0.3 is 0 Å². The molecule has 0 aliphatic carbocycles. The van der Waals surface area contributed by atoms with Crippen molar-refractivity contribution in [3.05, 3.63) is 77.9 Å². The molecule has 0 atom stereocenters. The Bertz CT molecular complexity index is 1270. The van der Waals surface area contributed by atoms with Crippen LogP contribution in [-0.2, 0) is 16.6 Å². The van der Waals surface area contributed by atoms with Gasteiger partial charge in [0.05, 0.1) is 17.7 Å². The summed E-state index contributed by atoms with van der Waals surface area (Å²) in [7, 11) is -2.38. The topological polar surface area (TPSA) is 94.2 Å². The van der Waals surface area contributed by atoms with Gasteiger partial charge in [0.1, 0.15) is 19.0 Å². The predicted molar refractivity (Wildman–Crippen MR) is 128 cm³/mol. The standard InChI is InChI=1S/C25H26N2O6S/c1-3-27(17-18-8-13-23-24(16-18)33-15-14-32-23)25(28)19-9-11-20(12-10-19)34(29,30)26-21-6-4-5-7-22(21)31-2/h4-13,16,26H,3,14-15,17H2,1-2H3. The van der Waals surface area contributed by atoms with Crippen LogP contribution in [0.25, 0.3) is 0 Å². The minimum absolute atomic E-state index is 0.0461. The molecule has 178 valence electrons. The molecular formula is C25H26N2O6S. The summed E-state index contributed by atoms with van der Waals surface area (Å²) in [6.07, 6.45) is 0. The number of carbonyl (C=O) groups is 1. The van der Waals surface area contributed by atoms with Crippen LogP contribution in [0.15, 0.2) is 71.6 Å². The zero-order chi connectivity index (χ0) is 24.1. The van der Waals surface area contributed by atoms with Gasteiger partial charge in [-0.3, -0.25) is 9.52 Å². The van der Waals surface area contributed by atoms with E-state index in [1.165, 1.54) is 31.4 Å². The van der Waals surface area contributed by atoms with E-state index in [0.29, 0.717) is 54.8 Å². The van der Waals surface area contributed by atoms with Crippen LogP contribution in [0.5, 0.6) is 17.2 Å². The van der Waals surface area contributed by atoms with Gasteiger partial charge in [0.2, 0.25) is 0 Å². The smallest absolute Gasteiger partial charge is 0.262 e. The molecule has 0 saturated heterocycles. The first-order valence-electron chi connectivity index (χ1n) is 10.8. The summed E-state index contributed by atoms with van der Waals surface area (Å²) in [5.41, 5.74) is 1.65. The second-order valence-corrected chi connectivity index (χ2v) is 9.31. The maximum atomic E-state index is 13.1. The van der Waals surface area contributed by atoms with E-state index < -0.39 is 10.0 Å². The number of methoxy groups -OCH3 is 1. The zero-order valence-electron chi connectivity index (χ0n) is 19.0. The summed E-state index contributed by atoms with van der Waals surface area (Å²) in [5, 5.41) is 0. The molecule has 1 N–H and O–H groups in total. The first kappa shape index (κ1) is 23.4. The number of nitrogens with one attached hydrogen (secondary N) is 1. The van der Waals surface area contributed by atoms with Crippen molar-refractivity contribution >= 4 is 21.6 Å². The highest BCUT2D eigenvalue weighted by atomic mass is 32.2. The highest BCUT2D eigenvalue weighted by molar-refractivity contribution is 7.92. The lowest BCUT2D eigenvalue weighted by Gasteiger charge is -2.23. The number of hydrogen-bond acceptors (Lipinski definition) is 6. The summed E-state index contributed by atoms with van der Waals surface area (Å²) in [5.74, 6) is 1.59. The molecule has 3 aromatic rings. The molecule has 4 rings (SSSR count). The van der Waals surface area contributed by atoms with Crippen LogP contribution in [0.3, 0.4) is 0 Å². The fourth-order valence-corrected chi connectivity index (χ4v) is 4.70. The minimum atomic E-state index is -3.85. The lowest BCUT2D eigenvalue weighted by molar-refractivity contribution is 0.0752. The number of carbonyl (C=O) groups excluding carboxylic acids is 1. The van der Waals surface area contributed by atoms with E-state index in [1.807, 2.05) is 25.1 Å². The van der Waals surface area contributed by atoms with Gasteiger partial charge in [-0.1, -0.05) is 18.2 Å². The Hall–Kier alpha value is -3.72. The highest BCUT2D eigenvalue weighted by Crippen LogP contribution is 2.31. The van der Waals surface area contributed by atoms with Crippen molar-refractivity contribution in [1.29, 1.82) is 0 Å². The number of hydrogen-bond donors (Lipinski definition) is 1. The molecular weight excluding hydrogens is 456 g/mol. The van der Waals surface area contributed by atoms with E-state index in [1.54, 1.807) is 29.2 Å². The average Bonchev–Trinajstić information content (AvgIpc) is 2.87. The molecule has 8 nitrogen and oxygen atoms in total. The van der Waals surface area contributed by atoms with E-state index in [2.05, 4.69) is 4.72 Å². The van der Waals surface area contributed by atoms with Crippen LogP contribution in [0.2, 0.25) is 0 Å². The number of nitrogens with zero attached hydrogens (tertiary/aromatic N) is 1. The Morgan fingerprint density at radius 3 is 2.41 bits per heavy atom. The molecule has 34 heavy (non-hydrogen) atoms. The van der Waals surface area contributed by atoms with E-state index >= 15 is 0 Å². The van der Waals surface area contributed by atoms with Crippen LogP contribution in [-0.4, -0.2) is 46.1 Å². The molecule has 0 bridgehead atoms. The van der Waals surface area contributed by atoms with Crippen LogP contribution >= 0.6 is 0 Å². The van der Waals surface area contributed by atoms with Gasteiger partial charge in [0.15, 0.2) is 11.5 Å². The number of benzene rings is 3. The Labute approximate surface area is 199 Å². The molecule has 1 aliphatic rings. The first-order valence-corrected chi connectivity index (χ1v) is 12.3. The number of fused-ring (bicyclic) bond motifs is 1. The largest absolute Gasteiger partial charge is 0.495 e. The summed E-state index contributed by atoms with van der Waals surface area (Å²) in [6.45, 7) is 3.79. The monoisotopic (exact) mass is 482 g/mol.